The van der Waals surface area contributed by atoms with Crippen LogP contribution in [0.3, 0.4) is 0 Å². The van der Waals surface area contributed by atoms with Gasteiger partial charge in [0.05, 0.1) is 11.8 Å². The summed E-state index contributed by atoms with van der Waals surface area (Å²) in [6, 6.07) is 11.1. The van der Waals surface area contributed by atoms with Crippen molar-refractivity contribution < 1.29 is 0 Å². The zero-order valence-corrected chi connectivity index (χ0v) is 17.5. The Morgan fingerprint density at radius 3 is 2.44 bits per heavy atom. The van der Waals surface area contributed by atoms with Crippen LogP contribution in [0.5, 0.6) is 0 Å². The molecule has 27 heavy (non-hydrogen) atoms. The van der Waals surface area contributed by atoms with E-state index in [1.807, 2.05) is 24.3 Å². The molecule has 1 N–H and O–H groups in total. The summed E-state index contributed by atoms with van der Waals surface area (Å²) in [4.78, 5) is 2.28. The summed E-state index contributed by atoms with van der Waals surface area (Å²) >= 11 is 24.9. The standard InChI is InChI=1S/C20H17Cl4N3/c1-27-9-12(6-11-2-3-13(21)7-17(11)23)19-16(10-27)20(26-25-19)15-5-4-14(22)8-18(15)24/h2-8,16,20,26H,9-10H2,1H3/b12-6+. The first kappa shape index (κ1) is 19.1. The molecule has 2 aliphatic rings. The number of likely N-dealkylation sites (N-methyl/N-ethyl adjacent to an activating group) is 1. The number of benzene rings is 2. The molecule has 2 atom stereocenters. The number of nitrogens with one attached hydrogen (secondary N) is 1. The van der Waals surface area contributed by atoms with Crippen molar-refractivity contribution in [3.8, 4) is 0 Å². The van der Waals surface area contributed by atoms with Crippen LogP contribution in [0.4, 0.5) is 0 Å². The minimum atomic E-state index is 0.0107. The molecule has 2 aromatic rings. The van der Waals surface area contributed by atoms with Crippen molar-refractivity contribution in [2.24, 2.45) is 11.0 Å². The van der Waals surface area contributed by atoms with E-state index >= 15 is 0 Å². The normalized spacial score (nSPS) is 23.9. The van der Waals surface area contributed by atoms with Crippen LogP contribution in [0.2, 0.25) is 20.1 Å². The smallest absolute Gasteiger partial charge is 0.0800 e. The maximum atomic E-state index is 6.45. The topological polar surface area (TPSA) is 27.6 Å². The van der Waals surface area contributed by atoms with Gasteiger partial charge in [-0.25, -0.2) is 0 Å². The first-order chi connectivity index (χ1) is 12.9. The van der Waals surface area contributed by atoms with Gasteiger partial charge in [-0.05, 0) is 54.1 Å². The van der Waals surface area contributed by atoms with E-state index < -0.39 is 0 Å². The van der Waals surface area contributed by atoms with Crippen LogP contribution >= 0.6 is 46.4 Å². The number of hydrogen-bond acceptors (Lipinski definition) is 3. The third-order valence-corrected chi connectivity index (χ3v) is 6.07. The van der Waals surface area contributed by atoms with Crippen molar-refractivity contribution in [2.75, 3.05) is 20.1 Å². The Morgan fingerprint density at radius 1 is 1.04 bits per heavy atom. The average molecular weight is 441 g/mol. The van der Waals surface area contributed by atoms with Gasteiger partial charge in [0.2, 0.25) is 0 Å². The highest BCUT2D eigenvalue weighted by atomic mass is 35.5. The van der Waals surface area contributed by atoms with Gasteiger partial charge in [0.15, 0.2) is 0 Å². The molecule has 2 aromatic carbocycles. The molecule has 1 saturated heterocycles. The summed E-state index contributed by atoms with van der Waals surface area (Å²) in [5, 5.41) is 7.18. The van der Waals surface area contributed by atoms with Crippen molar-refractivity contribution in [3.63, 3.8) is 0 Å². The zero-order valence-electron chi connectivity index (χ0n) is 14.5. The minimum Gasteiger partial charge on any atom is -0.302 e. The number of nitrogens with zero attached hydrogens (tertiary/aromatic N) is 2. The quantitative estimate of drug-likeness (QED) is 0.625. The van der Waals surface area contributed by atoms with Gasteiger partial charge in [-0.3, -0.25) is 0 Å². The lowest BCUT2D eigenvalue weighted by Crippen LogP contribution is -2.41. The largest absolute Gasteiger partial charge is 0.302 e. The maximum absolute atomic E-state index is 6.45. The minimum absolute atomic E-state index is 0.0107. The predicted octanol–water partition coefficient (Wildman–Crippen LogP) is 5.95. The van der Waals surface area contributed by atoms with E-state index in [2.05, 4.69) is 28.6 Å². The molecule has 4 rings (SSSR count). The molecule has 0 spiro atoms. The molecular formula is C20H17Cl4N3. The van der Waals surface area contributed by atoms with Gasteiger partial charge in [-0.2, -0.15) is 5.10 Å². The SMILES string of the molecule is CN1C/C(=C\c2ccc(Cl)cc2Cl)C2=NNC(c3ccc(Cl)cc3Cl)C2C1. The van der Waals surface area contributed by atoms with Gasteiger partial charge in [0.1, 0.15) is 0 Å². The lowest BCUT2D eigenvalue weighted by molar-refractivity contribution is 0.295. The molecule has 0 bridgehead atoms. The Labute approximate surface area is 178 Å². The molecule has 2 unspecified atom stereocenters. The number of hydrazone groups is 1. The van der Waals surface area contributed by atoms with E-state index in [-0.39, 0.29) is 12.0 Å². The number of fused-ring (bicyclic) bond motifs is 1. The third-order valence-electron chi connectivity index (χ3n) is 4.95. The first-order valence-electron chi connectivity index (χ1n) is 8.55. The van der Waals surface area contributed by atoms with E-state index in [0.717, 1.165) is 35.5 Å². The zero-order chi connectivity index (χ0) is 19.1. The number of likely N-dealkylation sites (tertiary alicyclic amines) is 1. The maximum Gasteiger partial charge on any atom is 0.0800 e. The van der Waals surface area contributed by atoms with Gasteiger partial charge in [-0.15, -0.1) is 0 Å². The van der Waals surface area contributed by atoms with Crippen LogP contribution in [0, 0.1) is 5.92 Å². The molecule has 0 amide bonds. The highest BCUT2D eigenvalue weighted by molar-refractivity contribution is 6.36. The monoisotopic (exact) mass is 439 g/mol. The Bertz CT molecular complexity index is 954. The molecule has 0 aromatic heterocycles. The van der Waals surface area contributed by atoms with Crippen LogP contribution in [-0.2, 0) is 0 Å². The Hall–Kier alpha value is -1.23. The fourth-order valence-corrected chi connectivity index (χ4v) is 4.70. The van der Waals surface area contributed by atoms with E-state index in [1.54, 1.807) is 12.1 Å². The van der Waals surface area contributed by atoms with Crippen molar-refractivity contribution in [2.45, 2.75) is 6.04 Å². The molecule has 140 valence electrons. The van der Waals surface area contributed by atoms with Crippen LogP contribution in [-0.4, -0.2) is 30.7 Å². The second kappa shape index (κ2) is 7.65. The van der Waals surface area contributed by atoms with Crippen LogP contribution < -0.4 is 5.43 Å². The highest BCUT2D eigenvalue weighted by Gasteiger charge is 2.39. The molecule has 0 aliphatic carbocycles. The fraction of sp³-hybridized carbons (Fsp3) is 0.250. The summed E-state index contributed by atoms with van der Waals surface area (Å²) < 4.78 is 0. The van der Waals surface area contributed by atoms with Gasteiger partial charge in [0.25, 0.3) is 0 Å². The Morgan fingerprint density at radius 2 is 1.74 bits per heavy atom. The number of piperidine rings is 1. The Balaban J connectivity index is 1.68. The Kier molecular flexibility index (Phi) is 5.41. The molecular weight excluding hydrogens is 424 g/mol. The molecule has 2 aliphatic heterocycles. The molecule has 0 radical (unpaired) electrons. The molecule has 7 heteroatoms. The van der Waals surface area contributed by atoms with E-state index in [4.69, 9.17) is 46.4 Å². The van der Waals surface area contributed by atoms with Gasteiger partial charge >= 0.3 is 0 Å². The van der Waals surface area contributed by atoms with Gasteiger partial charge in [-0.1, -0.05) is 58.5 Å². The van der Waals surface area contributed by atoms with E-state index in [9.17, 15) is 0 Å². The second-order valence-corrected chi connectivity index (χ2v) is 8.60. The summed E-state index contributed by atoms with van der Waals surface area (Å²) in [5.74, 6) is 0.194. The van der Waals surface area contributed by atoms with Crippen molar-refractivity contribution in [1.82, 2.24) is 10.3 Å². The summed E-state index contributed by atoms with van der Waals surface area (Å²) in [6.45, 7) is 1.69. The first-order valence-corrected chi connectivity index (χ1v) is 10.1. The van der Waals surface area contributed by atoms with Crippen molar-refractivity contribution in [1.29, 1.82) is 0 Å². The highest BCUT2D eigenvalue weighted by Crippen LogP contribution is 2.38. The number of rotatable bonds is 2. The van der Waals surface area contributed by atoms with Gasteiger partial charge in [0, 0.05) is 39.1 Å². The van der Waals surface area contributed by atoms with Gasteiger partial charge < -0.3 is 10.3 Å². The lowest BCUT2D eigenvalue weighted by atomic mass is 9.83. The molecule has 2 heterocycles. The molecule has 3 nitrogen and oxygen atoms in total. The number of halogens is 4. The average Bonchev–Trinajstić information content (AvgIpc) is 3.01. The van der Waals surface area contributed by atoms with E-state index in [1.165, 1.54) is 0 Å². The van der Waals surface area contributed by atoms with Crippen LogP contribution in [0.15, 0.2) is 47.1 Å². The predicted molar refractivity (Wildman–Crippen MR) is 115 cm³/mol. The lowest BCUT2D eigenvalue weighted by Gasteiger charge is -2.33. The van der Waals surface area contributed by atoms with Crippen molar-refractivity contribution >= 4 is 58.2 Å². The molecule has 0 saturated carbocycles. The van der Waals surface area contributed by atoms with Crippen LogP contribution in [0.25, 0.3) is 6.08 Å². The number of hydrogen-bond donors (Lipinski definition) is 1. The summed E-state index contributed by atoms with van der Waals surface area (Å²) in [6.07, 6.45) is 2.09. The van der Waals surface area contributed by atoms with Crippen molar-refractivity contribution in [3.05, 3.63) is 73.2 Å². The van der Waals surface area contributed by atoms with E-state index in [0.29, 0.717) is 20.1 Å². The second-order valence-electron chi connectivity index (χ2n) is 6.91. The summed E-state index contributed by atoms with van der Waals surface area (Å²) in [5.41, 5.74) is 7.40. The fourth-order valence-electron chi connectivity index (χ4n) is 3.71. The van der Waals surface area contributed by atoms with Crippen LogP contribution in [0.1, 0.15) is 17.2 Å². The molecule has 1 fully saturated rings. The third kappa shape index (κ3) is 3.85. The summed E-state index contributed by atoms with van der Waals surface area (Å²) in [7, 11) is 2.10.